The first-order valence-electron chi connectivity index (χ1n) is 8.53. The van der Waals surface area contributed by atoms with Gasteiger partial charge in [-0.2, -0.15) is 0 Å². The maximum atomic E-state index is 12.3. The molecule has 1 aliphatic heterocycles. The molecule has 0 atom stereocenters. The Morgan fingerprint density at radius 1 is 1.25 bits per heavy atom. The molecule has 1 aliphatic carbocycles. The number of ether oxygens (including phenoxy) is 1. The molecule has 1 saturated heterocycles. The largest absolute Gasteiger partial charge is 0.444 e. The van der Waals surface area contributed by atoms with Crippen molar-refractivity contribution < 1.29 is 14.3 Å². The molecule has 1 N–H and O–H groups in total. The molecular weight excluding hydrogens is 308 g/mol. The Morgan fingerprint density at radius 3 is 2.46 bits per heavy atom. The van der Waals surface area contributed by atoms with Crippen LogP contribution in [-0.2, 0) is 4.74 Å². The number of piperidine rings is 1. The molecule has 7 heteroatoms. The van der Waals surface area contributed by atoms with Gasteiger partial charge in [0.2, 0.25) is 0 Å². The van der Waals surface area contributed by atoms with Crippen LogP contribution in [0.15, 0.2) is 18.7 Å². The minimum absolute atomic E-state index is 0.00916. The molecule has 1 saturated carbocycles. The van der Waals surface area contributed by atoms with E-state index in [0.29, 0.717) is 0 Å². The molecule has 0 radical (unpaired) electrons. The van der Waals surface area contributed by atoms with Gasteiger partial charge in [0, 0.05) is 31.5 Å². The highest BCUT2D eigenvalue weighted by molar-refractivity contribution is 5.76. The van der Waals surface area contributed by atoms with Gasteiger partial charge >= 0.3 is 12.1 Å². The maximum absolute atomic E-state index is 12.3. The van der Waals surface area contributed by atoms with Crippen molar-refractivity contribution in [2.45, 2.75) is 58.1 Å². The van der Waals surface area contributed by atoms with Crippen molar-refractivity contribution in [3.63, 3.8) is 0 Å². The number of rotatable bonds is 1. The molecule has 0 bridgehead atoms. The molecule has 2 amide bonds. The summed E-state index contributed by atoms with van der Waals surface area (Å²) in [5, 5.41) is 2.95. The normalized spacial score (nSPS) is 20.5. The summed E-state index contributed by atoms with van der Waals surface area (Å²) in [6.45, 7) is 7.11. The second-order valence-corrected chi connectivity index (χ2v) is 7.99. The predicted octanol–water partition coefficient (Wildman–Crippen LogP) is 2.62. The zero-order chi connectivity index (χ0) is 17.4. The van der Waals surface area contributed by atoms with E-state index in [1.807, 2.05) is 25.7 Å². The Hall–Kier alpha value is -2.05. The van der Waals surface area contributed by atoms with Crippen LogP contribution in [0.1, 0.15) is 46.5 Å². The summed E-state index contributed by atoms with van der Waals surface area (Å²) in [5.74, 6) is 0. The average Bonchev–Trinajstić information content (AvgIpc) is 2.97. The number of nitrogens with one attached hydrogen (secondary N) is 1. The molecule has 2 aliphatic rings. The summed E-state index contributed by atoms with van der Waals surface area (Å²) in [6.07, 6.45) is 8.41. The molecule has 1 aromatic heterocycles. The van der Waals surface area contributed by atoms with Gasteiger partial charge in [0.1, 0.15) is 11.9 Å². The number of carbonyl (C=O) groups excluding carboxylic acids is 2. The maximum Gasteiger partial charge on any atom is 0.407 e. The van der Waals surface area contributed by atoms with E-state index in [1.54, 1.807) is 12.4 Å². The van der Waals surface area contributed by atoms with Gasteiger partial charge in [-0.1, -0.05) is 0 Å². The highest BCUT2D eigenvalue weighted by Gasteiger charge is 2.47. The van der Waals surface area contributed by atoms with Crippen molar-refractivity contribution in [3.05, 3.63) is 18.7 Å². The number of hydrogen-bond donors (Lipinski definition) is 1. The molecule has 0 unspecified atom stereocenters. The zero-order valence-corrected chi connectivity index (χ0v) is 14.6. The number of imidazole rings is 1. The molecule has 0 aromatic carbocycles. The lowest BCUT2D eigenvalue weighted by Gasteiger charge is -2.52. The third-order valence-corrected chi connectivity index (χ3v) is 4.90. The average molecular weight is 334 g/mol. The number of hydrogen-bond acceptors (Lipinski definition) is 4. The smallest absolute Gasteiger partial charge is 0.407 e. The number of carbonyl (C=O) groups is 2. The van der Waals surface area contributed by atoms with Crippen molar-refractivity contribution in [2.75, 3.05) is 13.1 Å². The third kappa shape index (κ3) is 3.71. The minimum atomic E-state index is -0.468. The van der Waals surface area contributed by atoms with Crippen LogP contribution in [0.5, 0.6) is 0 Å². The Labute approximate surface area is 142 Å². The van der Waals surface area contributed by atoms with E-state index in [1.165, 1.54) is 10.9 Å². The Kier molecular flexibility index (Phi) is 4.27. The van der Waals surface area contributed by atoms with Crippen LogP contribution in [0.2, 0.25) is 0 Å². The summed E-state index contributed by atoms with van der Waals surface area (Å²) >= 11 is 0. The molecule has 2 heterocycles. The van der Waals surface area contributed by atoms with Crippen LogP contribution in [0, 0.1) is 5.41 Å². The second-order valence-electron chi connectivity index (χ2n) is 7.99. The van der Waals surface area contributed by atoms with E-state index in [2.05, 4.69) is 10.3 Å². The minimum Gasteiger partial charge on any atom is -0.444 e. The molecule has 132 valence electrons. The fourth-order valence-electron chi connectivity index (χ4n) is 3.68. The summed E-state index contributed by atoms with van der Waals surface area (Å²) < 4.78 is 6.82. The van der Waals surface area contributed by atoms with Gasteiger partial charge in [-0.15, -0.1) is 0 Å². The molecule has 3 rings (SSSR count). The molecule has 24 heavy (non-hydrogen) atoms. The molecule has 2 fully saturated rings. The summed E-state index contributed by atoms with van der Waals surface area (Å²) in [5.41, 5.74) is -0.198. The van der Waals surface area contributed by atoms with E-state index in [4.69, 9.17) is 4.74 Å². The van der Waals surface area contributed by atoms with Gasteiger partial charge in [0.05, 0.1) is 0 Å². The fourth-order valence-corrected chi connectivity index (χ4v) is 3.68. The Bertz CT molecular complexity index is 590. The van der Waals surface area contributed by atoms with Crippen LogP contribution in [0.3, 0.4) is 0 Å². The van der Waals surface area contributed by atoms with Gasteiger partial charge in [-0.05, 0) is 51.9 Å². The number of alkyl carbamates (subject to hydrolysis) is 1. The fraction of sp³-hybridized carbons (Fsp3) is 0.706. The van der Waals surface area contributed by atoms with Gasteiger partial charge in [-0.25, -0.2) is 14.6 Å². The summed E-state index contributed by atoms with van der Waals surface area (Å²) in [6, 6.07) is 0.181. The quantitative estimate of drug-likeness (QED) is 0.856. The lowest BCUT2D eigenvalue weighted by Crippen LogP contribution is -2.56. The Morgan fingerprint density at radius 2 is 1.92 bits per heavy atom. The Balaban J connectivity index is 1.43. The number of nitrogens with zero attached hydrogens (tertiary/aromatic N) is 3. The van der Waals surface area contributed by atoms with Gasteiger partial charge < -0.3 is 15.0 Å². The first-order chi connectivity index (χ1) is 11.3. The highest BCUT2D eigenvalue weighted by atomic mass is 16.6. The monoisotopic (exact) mass is 334 g/mol. The van der Waals surface area contributed by atoms with Crippen molar-refractivity contribution in [2.24, 2.45) is 5.41 Å². The lowest BCUT2D eigenvalue weighted by molar-refractivity contribution is 0.00548. The van der Waals surface area contributed by atoms with E-state index in [-0.39, 0.29) is 23.6 Å². The summed E-state index contributed by atoms with van der Waals surface area (Å²) in [4.78, 5) is 29.9. The highest BCUT2D eigenvalue weighted by Crippen LogP contribution is 2.49. The lowest BCUT2D eigenvalue weighted by atomic mass is 9.60. The van der Waals surface area contributed by atoms with E-state index in [0.717, 1.165) is 38.8 Å². The van der Waals surface area contributed by atoms with Gasteiger partial charge in [0.25, 0.3) is 0 Å². The van der Waals surface area contributed by atoms with E-state index < -0.39 is 5.60 Å². The van der Waals surface area contributed by atoms with Gasteiger partial charge in [-0.3, -0.25) is 4.57 Å². The number of likely N-dealkylation sites (tertiary alicyclic amines) is 1. The first-order valence-corrected chi connectivity index (χ1v) is 8.53. The standard InChI is InChI=1S/C17H26N4O3/c1-16(2,3)24-14(22)19-13-10-17(11-13)4-7-20(8-5-17)15(23)21-9-6-18-12-21/h6,9,12-13H,4-5,7-8,10-11H2,1-3H3,(H,19,22). The van der Waals surface area contributed by atoms with Crippen molar-refractivity contribution in [3.8, 4) is 0 Å². The predicted molar refractivity (Wildman–Crippen MR) is 88.7 cm³/mol. The number of amides is 2. The topological polar surface area (TPSA) is 76.5 Å². The second kappa shape index (κ2) is 6.11. The first kappa shape index (κ1) is 16.8. The van der Waals surface area contributed by atoms with Crippen LogP contribution in [0.25, 0.3) is 0 Å². The molecule has 1 spiro atoms. The van der Waals surface area contributed by atoms with Crippen LogP contribution in [0.4, 0.5) is 9.59 Å². The summed E-state index contributed by atoms with van der Waals surface area (Å²) in [7, 11) is 0. The van der Waals surface area contributed by atoms with Gasteiger partial charge in [0.15, 0.2) is 0 Å². The van der Waals surface area contributed by atoms with Crippen LogP contribution >= 0.6 is 0 Å². The van der Waals surface area contributed by atoms with Crippen molar-refractivity contribution in [1.29, 1.82) is 0 Å². The molecule has 7 nitrogen and oxygen atoms in total. The number of aromatic nitrogens is 2. The van der Waals surface area contributed by atoms with E-state index in [9.17, 15) is 9.59 Å². The van der Waals surface area contributed by atoms with Crippen molar-refractivity contribution in [1.82, 2.24) is 19.8 Å². The van der Waals surface area contributed by atoms with E-state index >= 15 is 0 Å². The van der Waals surface area contributed by atoms with Crippen LogP contribution in [-0.4, -0.2) is 51.3 Å². The van der Waals surface area contributed by atoms with Crippen LogP contribution < -0.4 is 5.32 Å². The zero-order valence-electron chi connectivity index (χ0n) is 14.6. The SMILES string of the molecule is CC(C)(C)OC(=O)NC1CC2(CCN(C(=O)n3ccnc3)CC2)C1. The molecular formula is C17H26N4O3. The van der Waals surface area contributed by atoms with Crippen molar-refractivity contribution >= 4 is 12.1 Å². The third-order valence-electron chi connectivity index (χ3n) is 4.90. The molecule has 1 aromatic rings.